The first kappa shape index (κ1) is 13.3. The van der Waals surface area contributed by atoms with Crippen LogP contribution in [0.4, 0.5) is 0 Å². The van der Waals surface area contributed by atoms with Gasteiger partial charge < -0.3 is 14.8 Å². The number of ether oxygens (including phenoxy) is 2. The predicted molar refractivity (Wildman–Crippen MR) is 68.3 cm³/mol. The maximum absolute atomic E-state index is 5.52. The third kappa shape index (κ3) is 3.91. The van der Waals surface area contributed by atoms with Gasteiger partial charge in [0.15, 0.2) is 0 Å². The van der Waals surface area contributed by atoms with Gasteiger partial charge in [-0.25, -0.2) is 0 Å². The zero-order valence-corrected chi connectivity index (χ0v) is 11.0. The van der Waals surface area contributed by atoms with E-state index in [4.69, 9.17) is 9.47 Å². The molecule has 4 nitrogen and oxygen atoms in total. The number of morpholine rings is 1. The third-order valence-corrected chi connectivity index (χ3v) is 3.97. The van der Waals surface area contributed by atoms with Crippen molar-refractivity contribution in [2.45, 2.75) is 19.8 Å². The summed E-state index contributed by atoms with van der Waals surface area (Å²) in [6, 6.07) is 0. The molecule has 0 radical (unpaired) electrons. The van der Waals surface area contributed by atoms with Gasteiger partial charge >= 0.3 is 0 Å². The Morgan fingerprint density at radius 2 is 1.71 bits per heavy atom. The first-order valence-corrected chi connectivity index (χ1v) is 6.93. The summed E-state index contributed by atoms with van der Waals surface area (Å²) < 4.78 is 10.9. The summed E-state index contributed by atoms with van der Waals surface area (Å²) in [5.41, 5.74) is 0.422. The van der Waals surface area contributed by atoms with E-state index < -0.39 is 0 Å². The quantitative estimate of drug-likeness (QED) is 0.770. The lowest BCUT2D eigenvalue weighted by Gasteiger charge is -2.42. The van der Waals surface area contributed by atoms with Gasteiger partial charge in [0.05, 0.1) is 13.2 Å². The zero-order valence-electron chi connectivity index (χ0n) is 11.0. The lowest BCUT2D eigenvalue weighted by atomic mass is 9.79. The SMILES string of the molecule is CCNCC1(CN2CCOCC2)CCOCC1. The van der Waals surface area contributed by atoms with Gasteiger partial charge in [0, 0.05) is 39.4 Å². The minimum Gasteiger partial charge on any atom is -0.381 e. The summed E-state index contributed by atoms with van der Waals surface area (Å²) in [5.74, 6) is 0. The molecule has 0 spiro atoms. The van der Waals surface area contributed by atoms with Crippen molar-refractivity contribution in [2.24, 2.45) is 5.41 Å². The molecule has 2 aliphatic rings. The summed E-state index contributed by atoms with van der Waals surface area (Å²) >= 11 is 0. The molecule has 0 bridgehead atoms. The molecule has 100 valence electrons. The fraction of sp³-hybridized carbons (Fsp3) is 1.00. The van der Waals surface area contributed by atoms with Crippen LogP contribution in [0.5, 0.6) is 0 Å². The molecule has 2 rings (SSSR count). The van der Waals surface area contributed by atoms with Crippen molar-refractivity contribution in [3.05, 3.63) is 0 Å². The monoisotopic (exact) mass is 242 g/mol. The smallest absolute Gasteiger partial charge is 0.0594 e. The number of hydrogen-bond donors (Lipinski definition) is 1. The Morgan fingerprint density at radius 1 is 1.06 bits per heavy atom. The first-order valence-electron chi connectivity index (χ1n) is 6.93. The van der Waals surface area contributed by atoms with Crippen LogP contribution in [0.2, 0.25) is 0 Å². The lowest BCUT2D eigenvalue weighted by Crippen LogP contribution is -2.50. The van der Waals surface area contributed by atoms with Gasteiger partial charge in [0.1, 0.15) is 0 Å². The Labute approximate surface area is 105 Å². The van der Waals surface area contributed by atoms with Gasteiger partial charge in [0.2, 0.25) is 0 Å². The van der Waals surface area contributed by atoms with Crippen molar-refractivity contribution in [2.75, 3.05) is 59.2 Å². The summed E-state index contributed by atoms with van der Waals surface area (Å²) in [4.78, 5) is 2.56. The van der Waals surface area contributed by atoms with Crippen LogP contribution in [0, 0.1) is 5.41 Å². The molecule has 2 fully saturated rings. The lowest BCUT2D eigenvalue weighted by molar-refractivity contribution is -0.0286. The van der Waals surface area contributed by atoms with Gasteiger partial charge in [-0.15, -0.1) is 0 Å². The molecule has 2 saturated heterocycles. The second-order valence-electron chi connectivity index (χ2n) is 5.28. The second-order valence-corrected chi connectivity index (χ2v) is 5.28. The van der Waals surface area contributed by atoms with Crippen LogP contribution < -0.4 is 5.32 Å². The van der Waals surface area contributed by atoms with Gasteiger partial charge in [-0.3, -0.25) is 4.90 Å². The molecule has 0 aromatic rings. The van der Waals surface area contributed by atoms with Crippen LogP contribution in [-0.4, -0.2) is 64.1 Å². The van der Waals surface area contributed by atoms with E-state index >= 15 is 0 Å². The van der Waals surface area contributed by atoms with Gasteiger partial charge in [-0.2, -0.15) is 0 Å². The van der Waals surface area contributed by atoms with Crippen LogP contribution in [0.3, 0.4) is 0 Å². The van der Waals surface area contributed by atoms with Crippen molar-refractivity contribution in [3.8, 4) is 0 Å². The van der Waals surface area contributed by atoms with Gasteiger partial charge in [-0.05, 0) is 24.8 Å². The number of nitrogens with zero attached hydrogens (tertiary/aromatic N) is 1. The molecule has 0 unspecified atom stereocenters. The highest BCUT2D eigenvalue weighted by molar-refractivity contribution is 4.87. The molecule has 0 atom stereocenters. The molecule has 1 N–H and O–H groups in total. The summed E-state index contributed by atoms with van der Waals surface area (Å²) in [6.07, 6.45) is 2.38. The minimum absolute atomic E-state index is 0.422. The van der Waals surface area contributed by atoms with E-state index in [-0.39, 0.29) is 0 Å². The molecule has 17 heavy (non-hydrogen) atoms. The van der Waals surface area contributed by atoms with Crippen molar-refractivity contribution in [1.82, 2.24) is 10.2 Å². The summed E-state index contributed by atoms with van der Waals surface area (Å²) in [5, 5.41) is 3.53. The standard InChI is InChI=1S/C13H26N2O2/c1-2-14-11-13(3-7-16-8-4-13)12-15-5-9-17-10-6-15/h14H,2-12H2,1H3. The molecule has 0 aliphatic carbocycles. The Morgan fingerprint density at radius 3 is 2.35 bits per heavy atom. The van der Waals surface area contributed by atoms with Crippen molar-refractivity contribution in [3.63, 3.8) is 0 Å². The number of nitrogens with one attached hydrogen (secondary N) is 1. The Balaban J connectivity index is 1.88. The van der Waals surface area contributed by atoms with E-state index in [1.165, 1.54) is 19.4 Å². The average molecular weight is 242 g/mol. The van der Waals surface area contributed by atoms with Gasteiger partial charge in [-0.1, -0.05) is 6.92 Å². The molecule has 0 amide bonds. The summed E-state index contributed by atoms with van der Waals surface area (Å²) in [6.45, 7) is 11.4. The Kier molecular flexibility index (Phi) is 5.22. The highest BCUT2D eigenvalue weighted by Crippen LogP contribution is 2.31. The Bertz CT molecular complexity index is 211. The zero-order chi connectivity index (χ0) is 12.0. The van der Waals surface area contributed by atoms with E-state index in [1.54, 1.807) is 0 Å². The first-order chi connectivity index (χ1) is 8.35. The molecule has 2 heterocycles. The van der Waals surface area contributed by atoms with E-state index in [0.29, 0.717) is 5.41 Å². The van der Waals surface area contributed by atoms with E-state index in [9.17, 15) is 0 Å². The van der Waals surface area contributed by atoms with Crippen LogP contribution in [0.25, 0.3) is 0 Å². The summed E-state index contributed by atoms with van der Waals surface area (Å²) in [7, 11) is 0. The molecule has 0 aromatic heterocycles. The number of hydrogen-bond acceptors (Lipinski definition) is 4. The van der Waals surface area contributed by atoms with Crippen LogP contribution >= 0.6 is 0 Å². The van der Waals surface area contributed by atoms with Crippen LogP contribution in [0.15, 0.2) is 0 Å². The van der Waals surface area contributed by atoms with E-state index in [2.05, 4.69) is 17.1 Å². The molecular formula is C13H26N2O2. The molecule has 4 heteroatoms. The normalized spacial score (nSPS) is 25.9. The largest absolute Gasteiger partial charge is 0.381 e. The molecular weight excluding hydrogens is 216 g/mol. The second kappa shape index (κ2) is 6.69. The fourth-order valence-electron chi connectivity index (χ4n) is 2.82. The Hall–Kier alpha value is -0.160. The fourth-order valence-corrected chi connectivity index (χ4v) is 2.82. The average Bonchev–Trinajstić information content (AvgIpc) is 2.39. The van der Waals surface area contributed by atoms with Gasteiger partial charge in [0.25, 0.3) is 0 Å². The topological polar surface area (TPSA) is 33.7 Å². The molecule has 0 saturated carbocycles. The van der Waals surface area contributed by atoms with Crippen molar-refractivity contribution >= 4 is 0 Å². The van der Waals surface area contributed by atoms with E-state index in [1.807, 2.05) is 0 Å². The third-order valence-electron chi connectivity index (χ3n) is 3.97. The van der Waals surface area contributed by atoms with Crippen molar-refractivity contribution < 1.29 is 9.47 Å². The van der Waals surface area contributed by atoms with Crippen molar-refractivity contribution in [1.29, 1.82) is 0 Å². The molecule has 2 aliphatic heterocycles. The maximum atomic E-state index is 5.52. The minimum atomic E-state index is 0.422. The highest BCUT2D eigenvalue weighted by atomic mass is 16.5. The van der Waals surface area contributed by atoms with E-state index in [0.717, 1.165) is 52.6 Å². The predicted octanol–water partition coefficient (Wildman–Crippen LogP) is 0.725. The highest BCUT2D eigenvalue weighted by Gasteiger charge is 2.34. The number of rotatable bonds is 5. The van der Waals surface area contributed by atoms with Crippen LogP contribution in [-0.2, 0) is 9.47 Å². The molecule has 0 aromatic carbocycles. The maximum Gasteiger partial charge on any atom is 0.0594 e. The van der Waals surface area contributed by atoms with Crippen LogP contribution in [0.1, 0.15) is 19.8 Å².